The van der Waals surface area contributed by atoms with Gasteiger partial charge in [0.2, 0.25) is 0 Å². The Morgan fingerprint density at radius 2 is 2.29 bits per heavy atom. The molecule has 31 heavy (non-hydrogen) atoms. The highest BCUT2D eigenvalue weighted by molar-refractivity contribution is 7.10. The fourth-order valence-corrected chi connectivity index (χ4v) is 5.54. The molecule has 2 aromatic rings. The molecule has 1 amide bonds. The van der Waals surface area contributed by atoms with Crippen LogP contribution in [-0.4, -0.2) is 40.7 Å². The predicted octanol–water partition coefficient (Wildman–Crippen LogP) is 2.47. The molecule has 1 saturated heterocycles. The van der Waals surface area contributed by atoms with E-state index in [0.29, 0.717) is 30.2 Å². The normalized spacial score (nSPS) is 26.1. The molecule has 2 atom stereocenters. The minimum absolute atomic E-state index is 0.0633. The minimum atomic E-state index is -0.695. The van der Waals surface area contributed by atoms with Gasteiger partial charge in [-0.15, -0.1) is 11.3 Å². The lowest BCUT2D eigenvalue weighted by atomic mass is 9.67. The van der Waals surface area contributed by atoms with E-state index in [-0.39, 0.29) is 29.1 Å². The van der Waals surface area contributed by atoms with Crippen LogP contribution in [0, 0.1) is 24.2 Å². The fourth-order valence-electron chi connectivity index (χ4n) is 4.58. The highest BCUT2D eigenvalue weighted by Crippen LogP contribution is 2.53. The van der Waals surface area contributed by atoms with Gasteiger partial charge in [-0.3, -0.25) is 4.79 Å². The number of aliphatic imine (C=N–C) groups is 1. The summed E-state index contributed by atoms with van der Waals surface area (Å²) in [5.41, 5.74) is 6.46. The molecule has 2 fully saturated rings. The number of nitriles is 1. The maximum absolute atomic E-state index is 12.7. The van der Waals surface area contributed by atoms with Crippen molar-refractivity contribution in [1.82, 2.24) is 9.97 Å². The Hall–Kier alpha value is -3.03. The van der Waals surface area contributed by atoms with E-state index in [1.165, 1.54) is 24.0 Å². The average Bonchev–Trinajstić information content (AvgIpc) is 3.21. The number of pyridine rings is 1. The van der Waals surface area contributed by atoms with Crippen molar-refractivity contribution in [3.63, 3.8) is 0 Å². The van der Waals surface area contributed by atoms with Gasteiger partial charge in [-0.2, -0.15) is 5.26 Å². The number of aromatic nitrogens is 2. The van der Waals surface area contributed by atoms with Gasteiger partial charge in [0.15, 0.2) is 0 Å². The molecule has 0 unspecified atom stereocenters. The molecule has 1 aliphatic carbocycles. The number of thiazole rings is 1. The van der Waals surface area contributed by atoms with Crippen LogP contribution in [0.5, 0.6) is 0 Å². The summed E-state index contributed by atoms with van der Waals surface area (Å²) < 4.78 is 11.9. The van der Waals surface area contributed by atoms with Crippen LogP contribution >= 0.6 is 11.3 Å². The highest BCUT2D eigenvalue weighted by Gasteiger charge is 2.56. The zero-order chi connectivity index (χ0) is 21.6. The molecule has 9 nitrogen and oxygen atoms in total. The van der Waals surface area contributed by atoms with Gasteiger partial charge in [0, 0.05) is 17.5 Å². The molecule has 5 rings (SSSR count). The second kappa shape index (κ2) is 7.28. The number of hydrogen-bond donors (Lipinski definition) is 2. The number of aryl methyl sites for hydroxylation is 1. The summed E-state index contributed by atoms with van der Waals surface area (Å²) in [6.45, 7) is 2.63. The number of nitrogens with two attached hydrogens (primary N) is 1. The number of anilines is 1. The SMILES string of the molecule is Cc1cc(C#N)cnc1C(=O)Nc1csc([C@]23COC4(CCC4)C[C@H]2COC(N)=N3)n1. The van der Waals surface area contributed by atoms with Gasteiger partial charge < -0.3 is 20.5 Å². The number of carbonyl (C=O) groups excluding carboxylic acids is 1. The van der Waals surface area contributed by atoms with E-state index in [0.717, 1.165) is 24.3 Å². The Balaban J connectivity index is 1.40. The van der Waals surface area contributed by atoms with E-state index in [1.807, 2.05) is 6.07 Å². The van der Waals surface area contributed by atoms with Gasteiger partial charge in [0.05, 0.1) is 24.4 Å². The van der Waals surface area contributed by atoms with Crippen LogP contribution in [-0.2, 0) is 15.0 Å². The van der Waals surface area contributed by atoms with E-state index >= 15 is 0 Å². The van der Waals surface area contributed by atoms with Crippen LogP contribution in [0.15, 0.2) is 22.6 Å². The van der Waals surface area contributed by atoms with Crippen LogP contribution in [0.3, 0.4) is 0 Å². The Morgan fingerprint density at radius 1 is 1.45 bits per heavy atom. The summed E-state index contributed by atoms with van der Waals surface area (Å²) in [6, 6.07) is 3.79. The zero-order valence-electron chi connectivity index (χ0n) is 17.1. The lowest BCUT2D eigenvalue weighted by Crippen LogP contribution is -2.58. The topological polar surface area (TPSA) is 136 Å². The van der Waals surface area contributed by atoms with Crippen molar-refractivity contribution in [2.75, 3.05) is 18.5 Å². The maximum Gasteiger partial charge on any atom is 0.282 e. The van der Waals surface area contributed by atoms with Gasteiger partial charge in [0.25, 0.3) is 11.9 Å². The van der Waals surface area contributed by atoms with Gasteiger partial charge in [-0.05, 0) is 44.2 Å². The summed E-state index contributed by atoms with van der Waals surface area (Å²) in [6.07, 6.45) is 5.55. The number of amides is 1. The molecule has 2 aromatic heterocycles. The monoisotopic (exact) mass is 438 g/mol. The van der Waals surface area contributed by atoms with E-state index in [1.54, 1.807) is 18.4 Å². The molecule has 2 aliphatic heterocycles. The largest absolute Gasteiger partial charge is 0.465 e. The molecule has 3 N–H and O–H groups in total. The lowest BCUT2D eigenvalue weighted by molar-refractivity contribution is -0.181. The van der Waals surface area contributed by atoms with Crippen molar-refractivity contribution >= 4 is 29.1 Å². The quantitative estimate of drug-likeness (QED) is 0.751. The van der Waals surface area contributed by atoms with Crippen LogP contribution in [0.1, 0.15) is 52.3 Å². The van der Waals surface area contributed by atoms with E-state index in [4.69, 9.17) is 20.5 Å². The Bertz CT molecular complexity index is 1120. The summed E-state index contributed by atoms with van der Waals surface area (Å²) in [5, 5.41) is 14.3. The van der Waals surface area contributed by atoms with E-state index in [2.05, 4.69) is 20.3 Å². The number of ether oxygens (including phenoxy) is 2. The number of nitrogens with zero attached hydrogens (tertiary/aromatic N) is 4. The second-order valence-corrected chi connectivity index (χ2v) is 9.26. The number of hydrogen-bond acceptors (Lipinski definition) is 9. The van der Waals surface area contributed by atoms with Gasteiger partial charge >= 0.3 is 0 Å². The summed E-state index contributed by atoms with van der Waals surface area (Å²) >= 11 is 1.42. The molecule has 1 saturated carbocycles. The third-order valence-electron chi connectivity index (χ3n) is 6.44. The first-order valence-electron chi connectivity index (χ1n) is 10.2. The third-order valence-corrected chi connectivity index (χ3v) is 7.45. The summed E-state index contributed by atoms with van der Waals surface area (Å²) in [5.74, 6) is 0.162. The van der Waals surface area contributed by atoms with Crippen molar-refractivity contribution in [3.05, 3.63) is 39.5 Å². The van der Waals surface area contributed by atoms with E-state index in [9.17, 15) is 4.79 Å². The van der Waals surface area contributed by atoms with Crippen molar-refractivity contribution in [1.29, 1.82) is 5.26 Å². The van der Waals surface area contributed by atoms with Gasteiger partial charge in [-0.25, -0.2) is 15.0 Å². The van der Waals surface area contributed by atoms with Crippen molar-refractivity contribution < 1.29 is 14.3 Å². The number of carbonyl (C=O) groups is 1. The zero-order valence-corrected chi connectivity index (χ0v) is 17.9. The van der Waals surface area contributed by atoms with Crippen molar-refractivity contribution in [2.45, 2.75) is 43.7 Å². The first kappa shape index (κ1) is 19.9. The van der Waals surface area contributed by atoms with Crippen LogP contribution in [0.2, 0.25) is 0 Å². The standard InChI is InChI=1S/C21H22N6O3S/c1-12-5-13(7-22)8-24-16(12)17(28)25-15-10-31-18(26-15)21-11-30-20(3-2-4-20)6-14(21)9-29-19(23)27-21/h5,8,10,14H,2-4,6,9,11H2,1H3,(H2,23,27)(H,25,28)/t14-,21-/m0/s1. The molecular formula is C21H22N6O3S. The number of fused-ring (bicyclic) bond motifs is 1. The molecule has 3 aliphatic rings. The first-order chi connectivity index (χ1) is 14.9. The number of amidine groups is 1. The summed E-state index contributed by atoms with van der Waals surface area (Å²) in [7, 11) is 0. The Morgan fingerprint density at radius 3 is 3.00 bits per heavy atom. The van der Waals surface area contributed by atoms with Gasteiger partial charge in [0.1, 0.15) is 28.1 Å². The number of nitrogens with one attached hydrogen (secondary N) is 1. The van der Waals surface area contributed by atoms with Crippen molar-refractivity contribution in [2.24, 2.45) is 16.6 Å². The molecule has 160 valence electrons. The molecule has 10 heteroatoms. The smallest absolute Gasteiger partial charge is 0.282 e. The van der Waals surface area contributed by atoms with Crippen LogP contribution in [0.25, 0.3) is 0 Å². The van der Waals surface area contributed by atoms with Crippen LogP contribution in [0.4, 0.5) is 5.82 Å². The Kier molecular flexibility index (Phi) is 4.68. The van der Waals surface area contributed by atoms with Crippen LogP contribution < -0.4 is 11.1 Å². The molecule has 1 spiro atoms. The summed E-state index contributed by atoms with van der Waals surface area (Å²) in [4.78, 5) is 26.1. The highest BCUT2D eigenvalue weighted by atomic mass is 32.1. The third kappa shape index (κ3) is 3.34. The van der Waals surface area contributed by atoms with Crippen molar-refractivity contribution in [3.8, 4) is 6.07 Å². The average molecular weight is 439 g/mol. The first-order valence-corrected chi connectivity index (χ1v) is 11.1. The fraction of sp³-hybridized carbons (Fsp3) is 0.476. The minimum Gasteiger partial charge on any atom is -0.465 e. The predicted molar refractivity (Wildman–Crippen MR) is 114 cm³/mol. The second-order valence-electron chi connectivity index (χ2n) is 8.40. The molecule has 4 heterocycles. The van der Waals surface area contributed by atoms with Gasteiger partial charge in [-0.1, -0.05) is 0 Å². The molecule has 0 radical (unpaired) electrons. The number of rotatable bonds is 3. The molecule has 0 aromatic carbocycles. The maximum atomic E-state index is 12.7. The Labute approximate surface area is 183 Å². The lowest BCUT2D eigenvalue weighted by Gasteiger charge is -2.53. The molecule has 0 bridgehead atoms. The van der Waals surface area contributed by atoms with E-state index < -0.39 is 5.54 Å². The molecular weight excluding hydrogens is 416 g/mol.